The number of esters is 2. The average Bonchev–Trinajstić information content (AvgIpc) is 3.09. The second-order valence-corrected chi connectivity index (χ2v) is 14.1. The molecule has 282 valence electrons. The normalized spacial score (nSPS) is 12.3. The van der Waals surface area contributed by atoms with E-state index in [2.05, 4.69) is 38.2 Å². The summed E-state index contributed by atoms with van der Waals surface area (Å²) in [6.45, 7) is 4.12. The molecule has 0 radical (unpaired) electrons. The van der Waals surface area contributed by atoms with Gasteiger partial charge in [-0.15, -0.1) is 0 Å². The number of hydrogen-bond acceptors (Lipinski definition) is 5. The van der Waals surface area contributed by atoms with E-state index >= 15 is 0 Å². The smallest absolute Gasteiger partial charge is 0.306 e. The summed E-state index contributed by atoms with van der Waals surface area (Å²) < 4.78 is 10.6. The van der Waals surface area contributed by atoms with Crippen LogP contribution < -0.4 is 0 Å². The predicted octanol–water partition coefficient (Wildman–Crippen LogP) is 13.1. The van der Waals surface area contributed by atoms with Crippen LogP contribution in [0.1, 0.15) is 219 Å². The van der Waals surface area contributed by atoms with E-state index in [0.29, 0.717) is 12.8 Å². The Kier molecular flexibility index (Phi) is 38.5. The first-order chi connectivity index (χ1) is 23.6. The quantitative estimate of drug-likeness (QED) is 0.0400. The molecule has 0 saturated carbocycles. The highest BCUT2D eigenvalue weighted by atomic mass is 16.6. The first kappa shape index (κ1) is 46.4. The Labute approximate surface area is 298 Å². The molecule has 0 aromatic heterocycles. The summed E-state index contributed by atoms with van der Waals surface area (Å²) in [5.41, 5.74) is 0. The predicted molar refractivity (Wildman–Crippen MR) is 205 cm³/mol. The van der Waals surface area contributed by atoms with Gasteiger partial charge >= 0.3 is 11.9 Å². The lowest BCUT2D eigenvalue weighted by molar-refractivity contribution is -0.161. The van der Waals surface area contributed by atoms with E-state index in [9.17, 15) is 14.7 Å². The molecule has 5 nitrogen and oxygen atoms in total. The summed E-state index contributed by atoms with van der Waals surface area (Å²) in [5, 5.41) is 9.56. The molecule has 0 bridgehead atoms. The fraction of sp³-hybridized carbons (Fsp3) is 0.860. The van der Waals surface area contributed by atoms with Gasteiger partial charge in [0.15, 0.2) is 6.10 Å². The van der Waals surface area contributed by atoms with Crippen molar-refractivity contribution in [1.29, 1.82) is 0 Å². The van der Waals surface area contributed by atoms with Gasteiger partial charge in [0.2, 0.25) is 0 Å². The Morgan fingerprint density at radius 3 is 1.27 bits per heavy atom. The van der Waals surface area contributed by atoms with Crippen LogP contribution in [0.3, 0.4) is 0 Å². The number of ether oxygens (including phenoxy) is 2. The minimum atomic E-state index is -0.774. The van der Waals surface area contributed by atoms with Crippen molar-refractivity contribution in [3.63, 3.8) is 0 Å². The maximum atomic E-state index is 12.2. The second-order valence-electron chi connectivity index (χ2n) is 14.1. The fourth-order valence-electron chi connectivity index (χ4n) is 6.06. The van der Waals surface area contributed by atoms with Crippen molar-refractivity contribution in [2.45, 2.75) is 225 Å². The SMILES string of the molecule is CCCCCC=CCC=CCCCCCCCC(=O)O[C@@H](CO)COC(=O)CCCCCCCCCCCCCCCCCCCCC. The molecular formula is C43H80O5. The highest BCUT2D eigenvalue weighted by Crippen LogP contribution is 2.15. The van der Waals surface area contributed by atoms with Gasteiger partial charge in [0.1, 0.15) is 6.61 Å². The lowest BCUT2D eigenvalue weighted by Gasteiger charge is -2.15. The van der Waals surface area contributed by atoms with Crippen LogP contribution in [0.25, 0.3) is 0 Å². The molecule has 48 heavy (non-hydrogen) atoms. The van der Waals surface area contributed by atoms with Gasteiger partial charge in [-0.25, -0.2) is 0 Å². The average molecular weight is 677 g/mol. The Morgan fingerprint density at radius 1 is 0.479 bits per heavy atom. The molecule has 0 aliphatic carbocycles. The van der Waals surface area contributed by atoms with E-state index in [4.69, 9.17) is 9.47 Å². The third kappa shape index (κ3) is 37.2. The number of carbonyl (C=O) groups excluding carboxylic acids is 2. The van der Waals surface area contributed by atoms with Gasteiger partial charge in [0.25, 0.3) is 0 Å². The highest BCUT2D eigenvalue weighted by Gasteiger charge is 2.16. The number of aliphatic hydroxyl groups excluding tert-OH is 1. The van der Waals surface area contributed by atoms with Crippen LogP contribution in [0.2, 0.25) is 0 Å². The molecule has 0 fully saturated rings. The van der Waals surface area contributed by atoms with E-state index in [1.165, 1.54) is 141 Å². The third-order valence-corrected chi connectivity index (χ3v) is 9.25. The molecular weight excluding hydrogens is 596 g/mol. The van der Waals surface area contributed by atoms with Crippen LogP contribution in [-0.4, -0.2) is 36.4 Å². The summed E-state index contributed by atoms with van der Waals surface area (Å²) >= 11 is 0. The molecule has 0 amide bonds. The van der Waals surface area contributed by atoms with E-state index < -0.39 is 6.10 Å². The van der Waals surface area contributed by atoms with Crippen molar-refractivity contribution in [3.8, 4) is 0 Å². The number of hydrogen-bond donors (Lipinski definition) is 1. The topological polar surface area (TPSA) is 72.8 Å². The van der Waals surface area contributed by atoms with Crippen LogP contribution in [0.15, 0.2) is 24.3 Å². The monoisotopic (exact) mass is 677 g/mol. The molecule has 0 aromatic rings. The van der Waals surface area contributed by atoms with E-state index in [1.807, 2.05) is 0 Å². The van der Waals surface area contributed by atoms with Crippen molar-refractivity contribution in [2.75, 3.05) is 13.2 Å². The lowest BCUT2D eigenvalue weighted by atomic mass is 10.0. The minimum absolute atomic E-state index is 0.0671. The lowest BCUT2D eigenvalue weighted by Crippen LogP contribution is -2.28. The standard InChI is InChI=1S/C43H80O5/c1-3-5-7-9-11-13-15-17-19-20-21-22-24-25-27-29-31-33-35-37-42(45)47-40-41(39-44)48-43(46)38-36-34-32-30-28-26-23-18-16-14-12-10-8-6-4-2/h12,14,18,23,41,44H,3-11,13,15-17,19-22,24-40H2,1-2H3/t41-/m0/s1. The van der Waals surface area contributed by atoms with Crippen LogP contribution in [0, 0.1) is 0 Å². The zero-order valence-electron chi connectivity index (χ0n) is 32.0. The zero-order chi connectivity index (χ0) is 35.0. The number of allylic oxidation sites excluding steroid dienone is 4. The molecule has 0 unspecified atom stereocenters. The van der Waals surface area contributed by atoms with Crippen LogP contribution in [-0.2, 0) is 19.1 Å². The first-order valence-electron chi connectivity index (χ1n) is 20.9. The largest absolute Gasteiger partial charge is 0.462 e. The highest BCUT2D eigenvalue weighted by molar-refractivity contribution is 5.70. The van der Waals surface area contributed by atoms with Gasteiger partial charge in [0, 0.05) is 12.8 Å². The van der Waals surface area contributed by atoms with Gasteiger partial charge in [-0.05, 0) is 44.9 Å². The van der Waals surface area contributed by atoms with Gasteiger partial charge < -0.3 is 14.6 Å². The van der Waals surface area contributed by atoms with Gasteiger partial charge in [-0.3, -0.25) is 9.59 Å². The molecule has 0 heterocycles. The number of unbranched alkanes of at least 4 members (excludes halogenated alkanes) is 26. The van der Waals surface area contributed by atoms with Crippen molar-refractivity contribution < 1.29 is 24.2 Å². The van der Waals surface area contributed by atoms with E-state index in [0.717, 1.165) is 51.4 Å². The van der Waals surface area contributed by atoms with Gasteiger partial charge in [0.05, 0.1) is 6.61 Å². The Hall–Kier alpha value is -1.62. The van der Waals surface area contributed by atoms with E-state index in [1.54, 1.807) is 0 Å². The second kappa shape index (κ2) is 39.8. The van der Waals surface area contributed by atoms with Crippen molar-refractivity contribution in [1.82, 2.24) is 0 Å². The maximum absolute atomic E-state index is 12.2. The molecule has 0 aliphatic heterocycles. The van der Waals surface area contributed by atoms with Crippen molar-refractivity contribution in [2.24, 2.45) is 0 Å². The summed E-state index contributed by atoms with van der Waals surface area (Å²) in [6.07, 6.45) is 46.7. The van der Waals surface area contributed by atoms with Gasteiger partial charge in [-0.1, -0.05) is 186 Å². The maximum Gasteiger partial charge on any atom is 0.306 e. The third-order valence-electron chi connectivity index (χ3n) is 9.25. The summed E-state index contributed by atoms with van der Waals surface area (Å²) in [6, 6.07) is 0. The molecule has 5 heteroatoms. The van der Waals surface area contributed by atoms with Crippen LogP contribution >= 0.6 is 0 Å². The Morgan fingerprint density at radius 2 is 0.833 bits per heavy atom. The molecule has 1 atom stereocenters. The van der Waals surface area contributed by atoms with Crippen molar-refractivity contribution >= 4 is 11.9 Å². The molecule has 0 aromatic carbocycles. The molecule has 0 saturated heterocycles. The molecule has 0 rings (SSSR count). The minimum Gasteiger partial charge on any atom is -0.462 e. The number of carbonyl (C=O) groups is 2. The summed E-state index contributed by atoms with van der Waals surface area (Å²) in [5.74, 6) is -0.597. The number of aliphatic hydroxyl groups is 1. The Balaban J connectivity index is 3.52. The fourth-order valence-corrected chi connectivity index (χ4v) is 6.06. The van der Waals surface area contributed by atoms with E-state index in [-0.39, 0.29) is 25.2 Å². The summed E-state index contributed by atoms with van der Waals surface area (Å²) in [7, 11) is 0. The molecule has 1 N–H and O–H groups in total. The van der Waals surface area contributed by atoms with Gasteiger partial charge in [-0.2, -0.15) is 0 Å². The first-order valence-corrected chi connectivity index (χ1v) is 20.9. The molecule has 0 spiro atoms. The van der Waals surface area contributed by atoms with Crippen LogP contribution in [0.5, 0.6) is 0 Å². The van der Waals surface area contributed by atoms with Crippen LogP contribution in [0.4, 0.5) is 0 Å². The van der Waals surface area contributed by atoms with Crippen molar-refractivity contribution in [3.05, 3.63) is 24.3 Å². The Bertz CT molecular complexity index is 731. The summed E-state index contributed by atoms with van der Waals surface area (Å²) in [4.78, 5) is 24.3. The molecule has 0 aliphatic rings. The number of rotatable bonds is 38. The zero-order valence-corrected chi connectivity index (χ0v) is 32.0.